The Labute approximate surface area is 208 Å². The summed E-state index contributed by atoms with van der Waals surface area (Å²) in [5.41, 5.74) is 9.56. The second-order valence-electron chi connectivity index (χ2n) is 7.58. The summed E-state index contributed by atoms with van der Waals surface area (Å²) in [5, 5.41) is 10.7. The molecule has 0 saturated heterocycles. The van der Waals surface area contributed by atoms with Gasteiger partial charge in [0.2, 0.25) is 11.5 Å². The maximum atomic E-state index is 9.92. The average Bonchev–Trinajstić information content (AvgIpc) is 3.33. The molecule has 0 unspecified atom stereocenters. The van der Waals surface area contributed by atoms with Gasteiger partial charge in [0, 0.05) is 28.3 Å². The SMILES string of the molecule is COc1ccc(-c2cc(-c3c[nH]c4c(OC)c(OC)c(OC)cc34)nc(N)c2C#N)c(OC)c1OC. The van der Waals surface area contributed by atoms with Gasteiger partial charge in [0.05, 0.1) is 53.9 Å². The lowest BCUT2D eigenvalue weighted by Crippen LogP contribution is -2.02. The third kappa shape index (κ3) is 3.71. The Kier molecular flexibility index (Phi) is 6.65. The molecular formula is C26H26N4O6. The number of aromatic nitrogens is 2. The molecule has 36 heavy (non-hydrogen) atoms. The van der Waals surface area contributed by atoms with E-state index in [1.165, 1.54) is 21.3 Å². The molecule has 0 spiro atoms. The van der Waals surface area contributed by atoms with Crippen LogP contribution in [-0.4, -0.2) is 52.6 Å². The number of nitrogen functional groups attached to an aromatic ring is 1. The molecule has 2 aromatic carbocycles. The summed E-state index contributed by atoms with van der Waals surface area (Å²) < 4.78 is 33.2. The van der Waals surface area contributed by atoms with Crippen LogP contribution < -0.4 is 34.2 Å². The van der Waals surface area contributed by atoms with Gasteiger partial charge in [0.25, 0.3) is 0 Å². The molecule has 0 fully saturated rings. The molecule has 0 bridgehead atoms. The van der Waals surface area contributed by atoms with Crippen LogP contribution in [0, 0.1) is 11.3 Å². The number of aromatic amines is 1. The van der Waals surface area contributed by atoms with Crippen LogP contribution in [0.25, 0.3) is 33.3 Å². The van der Waals surface area contributed by atoms with Crippen molar-refractivity contribution < 1.29 is 28.4 Å². The topological polar surface area (TPSA) is 134 Å². The summed E-state index contributed by atoms with van der Waals surface area (Å²) in [6.45, 7) is 0. The predicted octanol–water partition coefficient (Wildman–Crippen LogP) is 4.40. The first-order valence-corrected chi connectivity index (χ1v) is 10.8. The van der Waals surface area contributed by atoms with Crippen LogP contribution in [0.15, 0.2) is 30.5 Å². The Morgan fingerprint density at radius 1 is 0.750 bits per heavy atom. The molecule has 0 radical (unpaired) electrons. The summed E-state index contributed by atoms with van der Waals surface area (Å²) in [7, 11) is 9.22. The van der Waals surface area contributed by atoms with Gasteiger partial charge in [-0.05, 0) is 24.3 Å². The smallest absolute Gasteiger partial charge is 0.205 e. The highest BCUT2D eigenvalue weighted by Gasteiger charge is 2.24. The number of anilines is 1. The van der Waals surface area contributed by atoms with Gasteiger partial charge in [-0.2, -0.15) is 5.26 Å². The monoisotopic (exact) mass is 490 g/mol. The Balaban J connectivity index is 2.03. The molecule has 186 valence electrons. The van der Waals surface area contributed by atoms with Crippen molar-refractivity contribution >= 4 is 16.7 Å². The van der Waals surface area contributed by atoms with Crippen LogP contribution in [0.3, 0.4) is 0 Å². The number of ether oxygens (including phenoxy) is 6. The Morgan fingerprint density at radius 3 is 1.97 bits per heavy atom. The van der Waals surface area contributed by atoms with E-state index in [9.17, 15) is 5.26 Å². The number of nitrogens with zero attached hydrogens (tertiary/aromatic N) is 2. The van der Waals surface area contributed by atoms with Crippen LogP contribution in [0.4, 0.5) is 5.82 Å². The number of hydrogen-bond donors (Lipinski definition) is 2. The van der Waals surface area contributed by atoms with Gasteiger partial charge in [-0.25, -0.2) is 4.98 Å². The van der Waals surface area contributed by atoms with Crippen molar-refractivity contribution in [2.24, 2.45) is 0 Å². The number of benzene rings is 2. The number of pyridine rings is 1. The number of hydrogen-bond acceptors (Lipinski definition) is 9. The zero-order valence-corrected chi connectivity index (χ0v) is 20.8. The second-order valence-corrected chi connectivity index (χ2v) is 7.58. The average molecular weight is 491 g/mol. The summed E-state index contributed by atoms with van der Waals surface area (Å²) in [6.07, 6.45) is 1.79. The van der Waals surface area contributed by atoms with Crippen molar-refractivity contribution in [2.75, 3.05) is 48.4 Å². The van der Waals surface area contributed by atoms with Crippen LogP contribution in [-0.2, 0) is 0 Å². The normalized spacial score (nSPS) is 10.6. The number of methoxy groups -OCH3 is 6. The highest BCUT2D eigenvalue weighted by molar-refractivity contribution is 6.01. The molecule has 4 rings (SSSR count). The largest absolute Gasteiger partial charge is 0.493 e. The second kappa shape index (κ2) is 9.84. The number of fused-ring (bicyclic) bond motifs is 1. The molecule has 3 N–H and O–H groups in total. The molecule has 0 aliphatic carbocycles. The van der Waals surface area contributed by atoms with Gasteiger partial charge in [-0.3, -0.25) is 0 Å². The molecule has 0 amide bonds. The van der Waals surface area contributed by atoms with Crippen molar-refractivity contribution in [1.82, 2.24) is 9.97 Å². The van der Waals surface area contributed by atoms with E-state index in [0.717, 1.165) is 10.9 Å². The van der Waals surface area contributed by atoms with E-state index >= 15 is 0 Å². The quantitative estimate of drug-likeness (QED) is 0.368. The highest BCUT2D eigenvalue weighted by atomic mass is 16.5. The number of rotatable bonds is 8. The maximum absolute atomic E-state index is 9.92. The predicted molar refractivity (Wildman–Crippen MR) is 135 cm³/mol. The van der Waals surface area contributed by atoms with Gasteiger partial charge < -0.3 is 39.1 Å². The van der Waals surface area contributed by atoms with E-state index in [2.05, 4.69) is 16.0 Å². The number of H-pyrrole nitrogens is 1. The van der Waals surface area contributed by atoms with E-state index in [1.54, 1.807) is 45.7 Å². The summed E-state index contributed by atoms with van der Waals surface area (Å²) in [6, 6.07) is 9.29. The number of nitrogens with one attached hydrogen (secondary N) is 1. The lowest BCUT2D eigenvalue weighted by molar-refractivity contribution is 0.325. The molecule has 10 nitrogen and oxygen atoms in total. The summed E-state index contributed by atoms with van der Waals surface area (Å²) >= 11 is 0. The fourth-order valence-electron chi connectivity index (χ4n) is 4.29. The molecular weight excluding hydrogens is 464 g/mol. The van der Waals surface area contributed by atoms with E-state index in [0.29, 0.717) is 56.8 Å². The molecule has 0 aliphatic heterocycles. The molecule has 4 aromatic rings. The van der Waals surface area contributed by atoms with E-state index in [1.807, 2.05) is 6.07 Å². The van der Waals surface area contributed by atoms with Gasteiger partial charge in [0.1, 0.15) is 17.5 Å². The van der Waals surface area contributed by atoms with Gasteiger partial charge in [-0.15, -0.1) is 0 Å². The summed E-state index contributed by atoms with van der Waals surface area (Å²) in [4.78, 5) is 7.76. The van der Waals surface area contributed by atoms with E-state index < -0.39 is 0 Å². The third-order valence-corrected chi connectivity index (χ3v) is 5.91. The fraction of sp³-hybridized carbons (Fsp3) is 0.231. The molecule has 0 atom stereocenters. The molecule has 2 aromatic heterocycles. The van der Waals surface area contributed by atoms with Crippen molar-refractivity contribution in [1.29, 1.82) is 5.26 Å². The molecule has 0 aliphatic rings. The lowest BCUT2D eigenvalue weighted by atomic mass is 9.96. The van der Waals surface area contributed by atoms with Crippen molar-refractivity contribution in [2.45, 2.75) is 0 Å². The van der Waals surface area contributed by atoms with Crippen molar-refractivity contribution in [3.8, 4) is 63.0 Å². The van der Waals surface area contributed by atoms with Gasteiger partial charge >= 0.3 is 0 Å². The minimum absolute atomic E-state index is 0.0728. The minimum Gasteiger partial charge on any atom is -0.493 e. The fourth-order valence-corrected chi connectivity index (χ4v) is 4.29. The van der Waals surface area contributed by atoms with E-state index in [-0.39, 0.29) is 11.4 Å². The van der Waals surface area contributed by atoms with Crippen LogP contribution >= 0.6 is 0 Å². The Morgan fingerprint density at radius 2 is 1.39 bits per heavy atom. The van der Waals surface area contributed by atoms with Crippen LogP contribution in [0.5, 0.6) is 34.5 Å². The summed E-state index contributed by atoms with van der Waals surface area (Å²) in [5.74, 6) is 2.80. The van der Waals surface area contributed by atoms with Crippen LogP contribution in [0.1, 0.15) is 5.56 Å². The molecule has 2 heterocycles. The maximum Gasteiger partial charge on any atom is 0.205 e. The first-order valence-electron chi connectivity index (χ1n) is 10.8. The van der Waals surface area contributed by atoms with Gasteiger partial charge in [-0.1, -0.05) is 0 Å². The van der Waals surface area contributed by atoms with Gasteiger partial charge in [0.15, 0.2) is 23.0 Å². The standard InChI is InChI=1S/C26H26N4O6/c1-31-19-8-7-13(22(33-3)23(19)34-4)14-9-18(30-26(28)16(14)11-27)17-12-29-21-15(17)10-20(32-2)24(35-5)25(21)36-6/h7-10,12,29H,1-6H3,(H2,28,30). The minimum atomic E-state index is 0.0728. The highest BCUT2D eigenvalue weighted by Crippen LogP contribution is 2.48. The lowest BCUT2D eigenvalue weighted by Gasteiger charge is -2.17. The number of nitriles is 1. The van der Waals surface area contributed by atoms with Crippen LogP contribution in [0.2, 0.25) is 0 Å². The number of nitrogens with two attached hydrogens (primary N) is 1. The first-order chi connectivity index (χ1) is 17.5. The molecule has 0 saturated carbocycles. The third-order valence-electron chi connectivity index (χ3n) is 5.91. The zero-order valence-electron chi connectivity index (χ0n) is 20.8. The zero-order chi connectivity index (χ0) is 26.0. The van der Waals surface area contributed by atoms with Crippen molar-refractivity contribution in [3.05, 3.63) is 36.0 Å². The Bertz CT molecular complexity index is 1490. The molecule has 10 heteroatoms. The van der Waals surface area contributed by atoms with Crippen molar-refractivity contribution in [3.63, 3.8) is 0 Å². The van der Waals surface area contributed by atoms with E-state index in [4.69, 9.17) is 34.2 Å². The Hall–Kier alpha value is -4.78. The first kappa shape index (κ1) is 24.3.